The van der Waals surface area contributed by atoms with E-state index in [2.05, 4.69) is 15.0 Å². The lowest BCUT2D eigenvalue weighted by Gasteiger charge is -2.03. The number of aromatic amines is 1. The van der Waals surface area contributed by atoms with E-state index in [1.165, 1.54) is 0 Å². The van der Waals surface area contributed by atoms with Crippen molar-refractivity contribution in [3.05, 3.63) is 45.7 Å². The number of nitrogens with zero attached hydrogens (tertiary/aromatic N) is 2. The van der Waals surface area contributed by atoms with Crippen LogP contribution < -0.4 is 5.56 Å². The number of hydrogen-bond acceptors (Lipinski definition) is 6. The first-order valence-corrected chi connectivity index (χ1v) is 7.22. The lowest BCUT2D eigenvalue weighted by atomic mass is 10.1. The van der Waals surface area contributed by atoms with Gasteiger partial charge < -0.3 is 10.1 Å². The van der Waals surface area contributed by atoms with Crippen molar-refractivity contribution >= 4 is 29.4 Å². The van der Waals surface area contributed by atoms with Gasteiger partial charge in [-0.2, -0.15) is 4.98 Å². The Morgan fingerprint density at radius 2 is 2.24 bits per heavy atom. The zero-order valence-corrected chi connectivity index (χ0v) is 11.7. The first-order valence-electron chi connectivity index (χ1n) is 6.23. The number of aliphatic imine (C=N–C) groups is 1. The van der Waals surface area contributed by atoms with Crippen molar-refractivity contribution in [2.45, 2.75) is 11.6 Å². The molecule has 1 aromatic heterocycles. The van der Waals surface area contributed by atoms with E-state index in [-0.39, 0.29) is 22.6 Å². The van der Waals surface area contributed by atoms with E-state index >= 15 is 0 Å². The summed E-state index contributed by atoms with van der Waals surface area (Å²) in [6, 6.07) is 6.41. The summed E-state index contributed by atoms with van der Waals surface area (Å²) in [5.74, 6) is -0.328. The molecule has 6 nitrogen and oxygen atoms in total. The first-order chi connectivity index (χ1) is 10.1. The Bertz CT molecular complexity index is 798. The third-order valence-corrected chi connectivity index (χ3v) is 3.87. The van der Waals surface area contributed by atoms with Crippen molar-refractivity contribution in [3.63, 3.8) is 0 Å². The van der Waals surface area contributed by atoms with Crippen molar-refractivity contribution in [2.75, 3.05) is 5.75 Å². The second kappa shape index (κ2) is 5.53. The quantitative estimate of drug-likeness (QED) is 0.509. The smallest absolute Gasteiger partial charge is 0.255 e. The van der Waals surface area contributed by atoms with Crippen LogP contribution in [0.2, 0.25) is 0 Å². The fourth-order valence-electron chi connectivity index (χ4n) is 1.98. The number of thioether (sulfide) groups is 1. The SMILES string of the molecule is O=C(CSc1nc(O)cc(=O)[nH]1)c1ccc2c(c1)N=CC2. The molecule has 0 spiro atoms. The normalized spacial score (nSPS) is 12.4. The number of hydrogen-bond donors (Lipinski definition) is 2. The molecule has 0 unspecified atom stereocenters. The molecule has 0 saturated carbocycles. The Balaban J connectivity index is 1.72. The molecule has 3 rings (SSSR count). The van der Waals surface area contributed by atoms with Gasteiger partial charge in [0.15, 0.2) is 10.9 Å². The van der Waals surface area contributed by atoms with Gasteiger partial charge in [0, 0.05) is 18.2 Å². The van der Waals surface area contributed by atoms with Gasteiger partial charge in [0.25, 0.3) is 5.56 Å². The highest BCUT2D eigenvalue weighted by atomic mass is 32.2. The zero-order chi connectivity index (χ0) is 14.8. The molecule has 2 N–H and O–H groups in total. The van der Waals surface area contributed by atoms with Crippen molar-refractivity contribution in [2.24, 2.45) is 4.99 Å². The number of rotatable bonds is 4. The molecule has 7 heteroatoms. The molecular formula is C14H11N3O3S. The number of nitrogens with one attached hydrogen (secondary N) is 1. The maximum absolute atomic E-state index is 12.1. The molecule has 0 saturated heterocycles. The number of carbonyl (C=O) groups is 1. The van der Waals surface area contributed by atoms with E-state index in [0.717, 1.165) is 35.5 Å². The standard InChI is InChI=1S/C14H11N3O3S/c18-11(7-21-14-16-12(19)6-13(20)17-14)9-2-1-8-3-4-15-10(8)5-9/h1-2,4-6H,3,7H2,(H2,16,17,19,20). The maximum Gasteiger partial charge on any atom is 0.255 e. The average Bonchev–Trinajstić information content (AvgIpc) is 2.91. The predicted octanol–water partition coefficient (Wildman–Crippen LogP) is 1.71. The number of Topliss-reactive ketones (excluding diaryl/α,β-unsaturated/α-hetero) is 1. The second-order valence-electron chi connectivity index (χ2n) is 4.48. The van der Waals surface area contributed by atoms with Crippen LogP contribution in [0.25, 0.3) is 0 Å². The van der Waals surface area contributed by atoms with Gasteiger partial charge in [0.05, 0.1) is 17.5 Å². The maximum atomic E-state index is 12.1. The van der Waals surface area contributed by atoms with Crippen LogP contribution in [0.1, 0.15) is 15.9 Å². The molecule has 0 radical (unpaired) electrons. The van der Waals surface area contributed by atoms with Crippen LogP contribution in [0.4, 0.5) is 5.69 Å². The van der Waals surface area contributed by atoms with Gasteiger partial charge in [-0.15, -0.1) is 0 Å². The van der Waals surface area contributed by atoms with Crippen LogP contribution in [0.3, 0.4) is 0 Å². The molecule has 21 heavy (non-hydrogen) atoms. The lowest BCUT2D eigenvalue weighted by molar-refractivity contribution is 0.102. The minimum absolute atomic E-state index is 0.0871. The molecular weight excluding hydrogens is 290 g/mol. The number of benzene rings is 1. The van der Waals surface area contributed by atoms with E-state index in [1.807, 2.05) is 12.3 Å². The van der Waals surface area contributed by atoms with Gasteiger partial charge in [-0.05, 0) is 11.6 Å². The Morgan fingerprint density at radius 1 is 1.38 bits per heavy atom. The van der Waals surface area contributed by atoms with E-state index in [9.17, 15) is 14.7 Å². The second-order valence-corrected chi connectivity index (χ2v) is 5.44. The number of aromatic nitrogens is 2. The summed E-state index contributed by atoms with van der Waals surface area (Å²) in [5, 5.41) is 9.45. The molecule has 1 aromatic carbocycles. The van der Waals surface area contributed by atoms with E-state index in [4.69, 9.17) is 0 Å². The topological polar surface area (TPSA) is 95.4 Å². The molecule has 1 aliphatic heterocycles. The summed E-state index contributed by atoms with van der Waals surface area (Å²) in [4.78, 5) is 33.7. The summed E-state index contributed by atoms with van der Waals surface area (Å²) in [7, 11) is 0. The number of aromatic hydroxyl groups is 1. The van der Waals surface area contributed by atoms with Crippen LogP contribution in [0.5, 0.6) is 5.88 Å². The molecule has 1 aliphatic rings. The highest BCUT2D eigenvalue weighted by Crippen LogP contribution is 2.26. The highest BCUT2D eigenvalue weighted by molar-refractivity contribution is 7.99. The average molecular weight is 301 g/mol. The largest absolute Gasteiger partial charge is 0.493 e. The van der Waals surface area contributed by atoms with Crippen molar-refractivity contribution in [1.29, 1.82) is 0 Å². The van der Waals surface area contributed by atoms with Crippen LogP contribution >= 0.6 is 11.8 Å². The zero-order valence-electron chi connectivity index (χ0n) is 10.9. The van der Waals surface area contributed by atoms with Gasteiger partial charge >= 0.3 is 0 Å². The summed E-state index contributed by atoms with van der Waals surface area (Å²) < 4.78 is 0. The Labute approximate surface area is 124 Å². The van der Waals surface area contributed by atoms with Crippen molar-refractivity contribution in [3.8, 4) is 5.88 Å². The van der Waals surface area contributed by atoms with Gasteiger partial charge in [-0.1, -0.05) is 23.9 Å². The molecule has 0 amide bonds. The molecule has 0 aliphatic carbocycles. The summed E-state index contributed by atoms with van der Waals surface area (Å²) in [6.45, 7) is 0. The van der Waals surface area contributed by atoms with E-state index in [1.54, 1.807) is 12.1 Å². The van der Waals surface area contributed by atoms with Crippen LogP contribution in [-0.4, -0.2) is 32.8 Å². The highest BCUT2D eigenvalue weighted by Gasteiger charge is 2.12. The molecule has 0 fully saturated rings. The molecule has 106 valence electrons. The Morgan fingerprint density at radius 3 is 3.05 bits per heavy atom. The van der Waals surface area contributed by atoms with Crippen LogP contribution in [0.15, 0.2) is 39.2 Å². The van der Waals surface area contributed by atoms with Crippen LogP contribution in [-0.2, 0) is 6.42 Å². The summed E-state index contributed by atoms with van der Waals surface area (Å²) >= 11 is 1.07. The number of H-pyrrole nitrogens is 1. The Hall–Kier alpha value is -2.41. The van der Waals surface area contributed by atoms with Crippen LogP contribution in [0, 0.1) is 0 Å². The predicted molar refractivity (Wildman–Crippen MR) is 79.9 cm³/mol. The van der Waals surface area contributed by atoms with Crippen molar-refractivity contribution in [1.82, 2.24) is 9.97 Å². The number of ketones is 1. The molecule has 0 atom stereocenters. The summed E-state index contributed by atoms with van der Waals surface area (Å²) in [6.07, 6.45) is 2.61. The fourth-order valence-corrected chi connectivity index (χ4v) is 2.75. The van der Waals surface area contributed by atoms with E-state index in [0.29, 0.717) is 5.56 Å². The minimum atomic E-state index is -0.454. The molecule has 2 aromatic rings. The number of fused-ring (bicyclic) bond motifs is 1. The van der Waals surface area contributed by atoms with Gasteiger partial charge in [0.1, 0.15) is 0 Å². The molecule has 0 bridgehead atoms. The van der Waals surface area contributed by atoms with Gasteiger partial charge in [0.2, 0.25) is 5.88 Å². The van der Waals surface area contributed by atoms with Gasteiger partial charge in [-0.3, -0.25) is 14.6 Å². The number of carbonyl (C=O) groups excluding carboxylic acids is 1. The monoisotopic (exact) mass is 301 g/mol. The third kappa shape index (κ3) is 3.03. The fraction of sp³-hybridized carbons (Fsp3) is 0.143. The van der Waals surface area contributed by atoms with Gasteiger partial charge in [-0.25, -0.2) is 0 Å². The van der Waals surface area contributed by atoms with E-state index < -0.39 is 5.56 Å². The summed E-state index contributed by atoms with van der Waals surface area (Å²) in [5.41, 5.74) is 2.06. The Kier molecular flexibility index (Phi) is 3.57. The van der Waals surface area contributed by atoms with Crippen molar-refractivity contribution < 1.29 is 9.90 Å². The first kappa shape index (κ1) is 13.6. The molecule has 2 heterocycles. The third-order valence-electron chi connectivity index (χ3n) is 3.00. The minimum Gasteiger partial charge on any atom is -0.493 e. The lowest BCUT2D eigenvalue weighted by Crippen LogP contribution is -2.08.